The molecule has 1 aliphatic heterocycles. The van der Waals surface area contributed by atoms with E-state index in [0.717, 1.165) is 0 Å². The molecule has 408 valence electrons. The number of likely N-dealkylation sites (tertiary alicyclic amines) is 1. The lowest BCUT2D eigenvalue weighted by Gasteiger charge is -2.41. The van der Waals surface area contributed by atoms with E-state index in [1.165, 1.54) is 26.2 Å². The van der Waals surface area contributed by atoms with E-state index in [2.05, 4.69) is 21.3 Å². The number of nitrogens with one attached hydrogen (secondary N) is 4. The van der Waals surface area contributed by atoms with E-state index < -0.39 is 84.4 Å². The first-order valence-corrected chi connectivity index (χ1v) is 25.5. The van der Waals surface area contributed by atoms with Crippen molar-refractivity contribution < 1.29 is 52.9 Å². The molecule has 1 aliphatic rings. The van der Waals surface area contributed by atoms with Gasteiger partial charge in [-0.1, -0.05) is 97.4 Å². The third-order valence-corrected chi connectivity index (χ3v) is 14.0. The molecule has 3 rings (SSSR count). The van der Waals surface area contributed by atoms with Gasteiger partial charge in [-0.15, -0.1) is 0 Å². The number of aliphatic hydroxyl groups is 1. The number of nitrogens with zero attached hydrogens (tertiary/aromatic N) is 3. The Bertz CT molecular complexity index is 2100. The zero-order chi connectivity index (χ0) is 54.7. The second-order valence-corrected chi connectivity index (χ2v) is 20.1. The van der Waals surface area contributed by atoms with E-state index in [0.29, 0.717) is 62.0 Å². The molecular weight excluding hydrogens is 939 g/mol. The minimum absolute atomic E-state index is 0.0621. The van der Waals surface area contributed by atoms with Crippen LogP contribution in [0.5, 0.6) is 0 Å². The second-order valence-electron chi connectivity index (χ2n) is 20.1. The van der Waals surface area contributed by atoms with Crippen LogP contribution in [0.25, 0.3) is 0 Å². The highest BCUT2D eigenvalue weighted by atomic mass is 16.6. The average Bonchev–Trinajstić information content (AvgIpc) is 3.85. The maximum absolute atomic E-state index is 14.6. The number of rotatable bonds is 28. The van der Waals surface area contributed by atoms with Gasteiger partial charge in [-0.05, 0) is 73.6 Å². The molecule has 9 N–H and O–H groups in total. The summed E-state index contributed by atoms with van der Waals surface area (Å²) in [6, 6.07) is 10.7. The largest absolute Gasteiger partial charge is 0.445 e. The second kappa shape index (κ2) is 29.8. The molecule has 0 saturated carbocycles. The van der Waals surface area contributed by atoms with Gasteiger partial charge in [0.25, 0.3) is 0 Å². The molecule has 20 heteroatoms. The first-order valence-electron chi connectivity index (χ1n) is 25.5. The van der Waals surface area contributed by atoms with Crippen LogP contribution in [0.15, 0.2) is 54.6 Å². The Labute approximate surface area is 432 Å². The zero-order valence-corrected chi connectivity index (χ0v) is 45.1. The Morgan fingerprint density at radius 2 is 1.48 bits per heavy atom. The van der Waals surface area contributed by atoms with Gasteiger partial charge in [0, 0.05) is 47.1 Å². The van der Waals surface area contributed by atoms with E-state index >= 15 is 0 Å². The summed E-state index contributed by atoms with van der Waals surface area (Å²) in [6.07, 6.45) is -0.360. The third kappa shape index (κ3) is 17.7. The third-order valence-electron chi connectivity index (χ3n) is 14.0. The van der Waals surface area contributed by atoms with Crippen molar-refractivity contribution in [3.05, 3.63) is 65.7 Å². The fourth-order valence-electron chi connectivity index (χ4n) is 9.52. The molecule has 73 heavy (non-hydrogen) atoms. The number of carbonyl (C=O) groups excluding carboxylic acids is 7. The topological polar surface area (TPSA) is 277 Å². The monoisotopic (exact) mass is 1020 g/mol. The molecule has 1 unspecified atom stereocenters. The Morgan fingerprint density at radius 3 is 2.04 bits per heavy atom. The fraction of sp³-hybridized carbons (Fsp3) is 0.642. The summed E-state index contributed by atoms with van der Waals surface area (Å²) >= 11 is 0. The molecule has 0 radical (unpaired) electrons. The van der Waals surface area contributed by atoms with Crippen LogP contribution >= 0.6 is 0 Å². The summed E-state index contributed by atoms with van der Waals surface area (Å²) in [5.41, 5.74) is 12.8. The van der Waals surface area contributed by atoms with Crippen molar-refractivity contribution in [2.24, 2.45) is 35.1 Å². The average molecular weight is 1020 g/mol. The maximum atomic E-state index is 14.6. The minimum atomic E-state index is -1.02. The molecule has 8 amide bonds. The van der Waals surface area contributed by atoms with Gasteiger partial charge in [-0.2, -0.15) is 0 Å². The lowest BCUT2D eigenvalue weighted by atomic mass is 9.89. The molecule has 0 bridgehead atoms. The Morgan fingerprint density at radius 1 is 0.836 bits per heavy atom. The Hall–Kier alpha value is -5.83. The van der Waals surface area contributed by atoms with Crippen molar-refractivity contribution in [1.29, 1.82) is 0 Å². The van der Waals surface area contributed by atoms with Crippen LogP contribution in [0.3, 0.4) is 0 Å². The van der Waals surface area contributed by atoms with E-state index in [4.69, 9.17) is 25.7 Å². The van der Waals surface area contributed by atoms with Crippen molar-refractivity contribution in [3.8, 4) is 0 Å². The number of anilines is 1. The normalized spacial score (nSPS) is 17.7. The Balaban J connectivity index is 1.68. The number of amides is 8. The van der Waals surface area contributed by atoms with Crippen molar-refractivity contribution in [2.45, 2.75) is 155 Å². The van der Waals surface area contributed by atoms with Crippen LogP contribution in [0.2, 0.25) is 0 Å². The maximum Gasteiger partial charge on any atom is 0.410 e. The molecule has 20 nitrogen and oxygen atoms in total. The molecule has 2 aromatic carbocycles. The highest BCUT2D eigenvalue weighted by Gasteiger charge is 2.44. The summed E-state index contributed by atoms with van der Waals surface area (Å²) in [5, 5.41) is 22.0. The number of urea groups is 1. The number of benzene rings is 2. The summed E-state index contributed by atoms with van der Waals surface area (Å²) < 4.78 is 17.6. The number of ether oxygens (including phenoxy) is 3. The molecular formula is C53H85N9O11. The summed E-state index contributed by atoms with van der Waals surface area (Å²) in [5.74, 6) is -3.42. The van der Waals surface area contributed by atoms with Gasteiger partial charge in [-0.25, -0.2) is 9.59 Å². The smallest absolute Gasteiger partial charge is 0.410 e. The standard InChI is InChI=1S/C53H85N9O11/c1-13-33(6)45(41(71-11)29-42(63)62-28-18-22-40(62)47(72-12)34(7)48(65)57-35(8)46(64)37-19-15-14-16-20-37)60(9)51(68)43(31(2)3)59-50(67)44(32(4)5)61(10)53(70)73-30-36-23-25-38(26-24-36)58-49(66)39(54)21-17-27-56-52(55)69/h14-16,19-20,23-26,31-35,39-41,43-47,64H,13,17-18,21-22,27-30,54H2,1-12H3,(H,57,65)(H,58,66)(H,59,67)(H3,55,56,69)/t33-,34+,35+,39-,40-,41+,43-,44-,45?,46+,47+/m0/s1. The van der Waals surface area contributed by atoms with E-state index in [1.807, 2.05) is 45.9 Å². The minimum Gasteiger partial charge on any atom is -0.445 e. The molecule has 0 aliphatic carbocycles. The number of hydrogen-bond donors (Lipinski definition) is 7. The molecule has 1 heterocycles. The summed E-state index contributed by atoms with van der Waals surface area (Å²) in [4.78, 5) is 98.2. The first-order chi connectivity index (χ1) is 34.5. The molecule has 2 aromatic rings. The van der Waals surface area contributed by atoms with Gasteiger partial charge in [-0.3, -0.25) is 28.9 Å². The van der Waals surface area contributed by atoms with Gasteiger partial charge in [0.05, 0.1) is 54.8 Å². The number of likely N-dealkylation sites (N-methyl/N-ethyl adjacent to an activating group) is 2. The van der Waals surface area contributed by atoms with Crippen LogP contribution < -0.4 is 32.7 Å². The number of hydrogen-bond acceptors (Lipinski definition) is 12. The molecule has 0 spiro atoms. The lowest BCUT2D eigenvalue weighted by Crippen LogP contribution is -2.60. The predicted octanol–water partition coefficient (Wildman–Crippen LogP) is 4.29. The number of methoxy groups -OCH3 is 2. The molecule has 11 atom stereocenters. The van der Waals surface area contributed by atoms with E-state index in [9.17, 15) is 38.7 Å². The van der Waals surface area contributed by atoms with Crippen LogP contribution in [-0.2, 0) is 44.8 Å². The lowest BCUT2D eigenvalue weighted by molar-refractivity contribution is -0.148. The number of carbonyl (C=O) groups is 7. The Kier molecular flexibility index (Phi) is 25.1. The fourth-order valence-corrected chi connectivity index (χ4v) is 9.52. The van der Waals surface area contributed by atoms with Crippen LogP contribution in [0, 0.1) is 23.7 Å². The summed E-state index contributed by atoms with van der Waals surface area (Å²) in [6.45, 7) is 15.3. The van der Waals surface area contributed by atoms with Crippen molar-refractivity contribution in [1.82, 2.24) is 30.7 Å². The van der Waals surface area contributed by atoms with Crippen LogP contribution in [-0.4, -0.2) is 151 Å². The molecule has 1 fully saturated rings. The van der Waals surface area contributed by atoms with Gasteiger partial charge < -0.3 is 61.9 Å². The zero-order valence-electron chi connectivity index (χ0n) is 45.1. The highest BCUT2D eigenvalue weighted by molar-refractivity contribution is 5.94. The number of nitrogens with two attached hydrogens (primary N) is 2. The predicted molar refractivity (Wildman–Crippen MR) is 278 cm³/mol. The SMILES string of the molecule is CC[C@H](C)C([C@@H](CC(=O)N1CCC[C@H]1[C@H](OC)[C@@H](C)C(=O)N[C@H](C)[C@@H](O)c1ccccc1)OC)N(C)C(=O)[C@@H](NC(=O)[C@H](C(C)C)N(C)C(=O)OCc1ccc(NC(=O)[C@@H](N)CCCNC(N)=O)cc1)C(C)C. The van der Waals surface area contributed by atoms with Crippen molar-refractivity contribution in [2.75, 3.05) is 46.7 Å². The highest BCUT2D eigenvalue weighted by Crippen LogP contribution is 2.30. The van der Waals surface area contributed by atoms with Crippen molar-refractivity contribution >= 4 is 47.3 Å². The van der Waals surface area contributed by atoms with E-state index in [-0.39, 0.29) is 48.5 Å². The number of primary amides is 1. The van der Waals surface area contributed by atoms with Crippen LogP contribution in [0.4, 0.5) is 15.3 Å². The molecule has 1 saturated heterocycles. The number of aliphatic hydroxyl groups excluding tert-OH is 1. The first kappa shape index (κ1) is 61.5. The van der Waals surface area contributed by atoms with Gasteiger partial charge in [0.2, 0.25) is 29.5 Å². The van der Waals surface area contributed by atoms with Gasteiger partial charge in [0.15, 0.2) is 0 Å². The van der Waals surface area contributed by atoms with E-state index in [1.54, 1.807) is 80.9 Å². The quantitative estimate of drug-likeness (QED) is 0.0588. The van der Waals surface area contributed by atoms with Crippen molar-refractivity contribution in [3.63, 3.8) is 0 Å². The summed E-state index contributed by atoms with van der Waals surface area (Å²) in [7, 11) is 6.15. The molecule has 0 aromatic heterocycles. The van der Waals surface area contributed by atoms with Gasteiger partial charge >= 0.3 is 12.1 Å². The van der Waals surface area contributed by atoms with Gasteiger partial charge in [0.1, 0.15) is 18.7 Å². The van der Waals surface area contributed by atoms with Crippen LogP contribution in [0.1, 0.15) is 111 Å².